The standard InChI is InChI=1S/C9H17F2NO/c1-5-12(6-2)8(13)9(10,11)7(3)4/h7H,5-6H2,1-4H3. The number of hydrogen-bond acceptors (Lipinski definition) is 1. The van der Waals surface area contributed by atoms with Crippen LogP contribution >= 0.6 is 0 Å². The molecule has 0 spiro atoms. The van der Waals surface area contributed by atoms with E-state index in [9.17, 15) is 13.6 Å². The Morgan fingerprint density at radius 2 is 1.69 bits per heavy atom. The number of hydrogen-bond donors (Lipinski definition) is 0. The van der Waals surface area contributed by atoms with E-state index in [1.165, 1.54) is 13.8 Å². The predicted octanol–water partition coefficient (Wildman–Crippen LogP) is 2.15. The maximum atomic E-state index is 13.2. The number of halogens is 2. The Labute approximate surface area is 77.9 Å². The first-order valence-electron chi connectivity index (χ1n) is 4.55. The fourth-order valence-corrected chi connectivity index (χ4v) is 0.969. The van der Waals surface area contributed by atoms with E-state index in [1.54, 1.807) is 13.8 Å². The molecule has 0 saturated heterocycles. The highest BCUT2D eigenvalue weighted by Crippen LogP contribution is 2.26. The van der Waals surface area contributed by atoms with Gasteiger partial charge in [0.1, 0.15) is 0 Å². The molecule has 0 aromatic rings. The van der Waals surface area contributed by atoms with Crippen molar-refractivity contribution in [3.63, 3.8) is 0 Å². The van der Waals surface area contributed by atoms with Crippen LogP contribution < -0.4 is 0 Å². The fourth-order valence-electron chi connectivity index (χ4n) is 0.969. The van der Waals surface area contributed by atoms with Crippen molar-refractivity contribution in [1.82, 2.24) is 4.90 Å². The molecule has 0 atom stereocenters. The summed E-state index contributed by atoms with van der Waals surface area (Å²) in [5.41, 5.74) is 0. The average molecular weight is 193 g/mol. The summed E-state index contributed by atoms with van der Waals surface area (Å²) in [6, 6.07) is 0. The molecule has 0 saturated carbocycles. The maximum absolute atomic E-state index is 13.2. The van der Waals surface area contributed by atoms with Crippen molar-refractivity contribution >= 4 is 5.91 Å². The second kappa shape index (κ2) is 4.53. The normalized spacial score (nSPS) is 11.9. The highest BCUT2D eigenvalue weighted by molar-refractivity contribution is 5.83. The number of carbonyl (C=O) groups excluding carboxylic acids is 1. The lowest BCUT2D eigenvalue weighted by Crippen LogP contribution is -2.46. The molecule has 4 heteroatoms. The van der Waals surface area contributed by atoms with Gasteiger partial charge in [0.2, 0.25) is 0 Å². The van der Waals surface area contributed by atoms with Gasteiger partial charge in [-0.25, -0.2) is 0 Å². The maximum Gasteiger partial charge on any atom is 0.327 e. The van der Waals surface area contributed by atoms with Gasteiger partial charge in [-0.1, -0.05) is 13.8 Å². The van der Waals surface area contributed by atoms with E-state index < -0.39 is 17.7 Å². The third-order valence-electron chi connectivity index (χ3n) is 2.06. The molecule has 13 heavy (non-hydrogen) atoms. The first-order chi connectivity index (χ1) is 5.87. The number of nitrogens with zero attached hydrogens (tertiary/aromatic N) is 1. The van der Waals surface area contributed by atoms with Crippen LogP contribution in [0.5, 0.6) is 0 Å². The zero-order valence-electron chi connectivity index (χ0n) is 8.60. The molecule has 0 aliphatic heterocycles. The molecule has 0 aromatic carbocycles. The van der Waals surface area contributed by atoms with E-state index in [4.69, 9.17) is 0 Å². The van der Waals surface area contributed by atoms with E-state index in [0.29, 0.717) is 13.1 Å². The quantitative estimate of drug-likeness (QED) is 0.670. The summed E-state index contributed by atoms with van der Waals surface area (Å²) in [7, 11) is 0. The lowest BCUT2D eigenvalue weighted by molar-refractivity contribution is -0.163. The number of amides is 1. The molecule has 0 unspecified atom stereocenters. The molecular weight excluding hydrogens is 176 g/mol. The molecule has 0 aliphatic rings. The summed E-state index contributed by atoms with van der Waals surface area (Å²) in [4.78, 5) is 12.4. The molecule has 0 heterocycles. The Kier molecular flexibility index (Phi) is 4.30. The summed E-state index contributed by atoms with van der Waals surface area (Å²) in [6.45, 7) is 6.74. The zero-order valence-corrected chi connectivity index (χ0v) is 8.60. The Morgan fingerprint density at radius 3 is 1.92 bits per heavy atom. The van der Waals surface area contributed by atoms with E-state index in [0.717, 1.165) is 4.90 Å². The molecule has 0 fully saturated rings. The van der Waals surface area contributed by atoms with E-state index in [2.05, 4.69) is 0 Å². The minimum atomic E-state index is -3.23. The summed E-state index contributed by atoms with van der Waals surface area (Å²) in [6.07, 6.45) is 0. The molecule has 0 aromatic heterocycles. The number of alkyl halides is 2. The molecule has 0 rings (SSSR count). The van der Waals surface area contributed by atoms with Gasteiger partial charge in [0, 0.05) is 19.0 Å². The van der Waals surface area contributed by atoms with Crippen molar-refractivity contribution < 1.29 is 13.6 Å². The van der Waals surface area contributed by atoms with Crippen molar-refractivity contribution in [3.05, 3.63) is 0 Å². The van der Waals surface area contributed by atoms with Crippen LogP contribution in [-0.2, 0) is 4.79 Å². The number of carbonyl (C=O) groups is 1. The van der Waals surface area contributed by atoms with Crippen molar-refractivity contribution in [1.29, 1.82) is 0 Å². The van der Waals surface area contributed by atoms with Gasteiger partial charge in [-0.15, -0.1) is 0 Å². The van der Waals surface area contributed by atoms with Crippen LogP contribution in [0.1, 0.15) is 27.7 Å². The van der Waals surface area contributed by atoms with Gasteiger partial charge in [0.15, 0.2) is 0 Å². The first-order valence-corrected chi connectivity index (χ1v) is 4.55. The van der Waals surface area contributed by atoms with Crippen LogP contribution in [0.3, 0.4) is 0 Å². The first kappa shape index (κ1) is 12.3. The third-order valence-corrected chi connectivity index (χ3v) is 2.06. The van der Waals surface area contributed by atoms with Crippen LogP contribution in [-0.4, -0.2) is 29.8 Å². The molecular formula is C9H17F2NO. The smallest absolute Gasteiger partial charge is 0.327 e. The summed E-state index contributed by atoms with van der Waals surface area (Å²) in [5, 5.41) is 0. The number of rotatable bonds is 4. The third kappa shape index (κ3) is 2.64. The summed E-state index contributed by atoms with van der Waals surface area (Å²) in [5.74, 6) is -5.24. The highest BCUT2D eigenvalue weighted by Gasteiger charge is 2.44. The van der Waals surface area contributed by atoms with Gasteiger partial charge in [-0.05, 0) is 13.8 Å². The molecule has 0 aliphatic carbocycles. The molecule has 2 nitrogen and oxygen atoms in total. The van der Waals surface area contributed by atoms with Gasteiger partial charge in [0.25, 0.3) is 5.91 Å². The second-order valence-electron chi connectivity index (χ2n) is 3.26. The van der Waals surface area contributed by atoms with Crippen molar-refractivity contribution in [2.24, 2.45) is 5.92 Å². The molecule has 1 amide bonds. The van der Waals surface area contributed by atoms with Crippen LogP contribution in [0.15, 0.2) is 0 Å². The Balaban J connectivity index is 4.56. The monoisotopic (exact) mass is 193 g/mol. The van der Waals surface area contributed by atoms with Crippen LogP contribution in [0, 0.1) is 5.92 Å². The Bertz CT molecular complexity index is 176. The largest absolute Gasteiger partial charge is 0.338 e. The molecule has 0 N–H and O–H groups in total. The second-order valence-corrected chi connectivity index (χ2v) is 3.26. The Hall–Kier alpha value is -0.670. The van der Waals surface area contributed by atoms with Gasteiger partial charge < -0.3 is 4.90 Å². The molecule has 78 valence electrons. The predicted molar refractivity (Wildman–Crippen MR) is 47.7 cm³/mol. The summed E-state index contributed by atoms with van der Waals surface area (Å²) >= 11 is 0. The van der Waals surface area contributed by atoms with E-state index in [-0.39, 0.29) is 0 Å². The summed E-state index contributed by atoms with van der Waals surface area (Å²) < 4.78 is 26.3. The van der Waals surface area contributed by atoms with Gasteiger partial charge >= 0.3 is 5.92 Å². The minimum Gasteiger partial charge on any atom is -0.338 e. The average Bonchev–Trinajstić information content (AvgIpc) is 2.06. The van der Waals surface area contributed by atoms with Crippen molar-refractivity contribution in [3.8, 4) is 0 Å². The fraction of sp³-hybridized carbons (Fsp3) is 0.889. The SMILES string of the molecule is CCN(CC)C(=O)C(F)(F)C(C)C. The Morgan fingerprint density at radius 1 is 1.31 bits per heavy atom. The van der Waals surface area contributed by atoms with Gasteiger partial charge in [-0.3, -0.25) is 4.79 Å². The van der Waals surface area contributed by atoms with Gasteiger partial charge in [-0.2, -0.15) is 8.78 Å². The van der Waals surface area contributed by atoms with Crippen LogP contribution in [0.4, 0.5) is 8.78 Å². The van der Waals surface area contributed by atoms with E-state index >= 15 is 0 Å². The van der Waals surface area contributed by atoms with Gasteiger partial charge in [0.05, 0.1) is 0 Å². The highest BCUT2D eigenvalue weighted by atomic mass is 19.3. The minimum absolute atomic E-state index is 0.331. The van der Waals surface area contributed by atoms with Crippen molar-refractivity contribution in [2.45, 2.75) is 33.6 Å². The van der Waals surface area contributed by atoms with Crippen molar-refractivity contribution in [2.75, 3.05) is 13.1 Å². The van der Waals surface area contributed by atoms with Crippen LogP contribution in [0.25, 0.3) is 0 Å². The molecule has 0 radical (unpaired) electrons. The topological polar surface area (TPSA) is 20.3 Å². The zero-order chi connectivity index (χ0) is 10.6. The lowest BCUT2D eigenvalue weighted by atomic mass is 10.1. The van der Waals surface area contributed by atoms with Crippen LogP contribution in [0.2, 0.25) is 0 Å². The van der Waals surface area contributed by atoms with E-state index in [1.807, 2.05) is 0 Å². The molecule has 0 bridgehead atoms. The lowest BCUT2D eigenvalue weighted by Gasteiger charge is -2.26.